The van der Waals surface area contributed by atoms with Gasteiger partial charge in [0.05, 0.1) is 17.5 Å². The molecule has 0 unspecified atom stereocenters. The maximum atomic E-state index is 13.5. The number of hydrogen-bond acceptors (Lipinski definition) is 3. The lowest BCUT2D eigenvalue weighted by molar-refractivity contribution is 0.0941. The molecule has 0 bridgehead atoms. The maximum absolute atomic E-state index is 13.5. The minimum absolute atomic E-state index is 0.0574. The van der Waals surface area contributed by atoms with Crippen molar-refractivity contribution in [3.63, 3.8) is 0 Å². The van der Waals surface area contributed by atoms with Crippen LogP contribution in [0.25, 0.3) is 11.3 Å². The van der Waals surface area contributed by atoms with Gasteiger partial charge in [0.1, 0.15) is 5.82 Å². The van der Waals surface area contributed by atoms with E-state index >= 15 is 0 Å². The lowest BCUT2D eigenvalue weighted by Crippen LogP contribution is -2.34. The normalized spacial score (nSPS) is 11.9. The number of nitrogens with one attached hydrogen (secondary N) is 2. The van der Waals surface area contributed by atoms with Crippen LogP contribution in [0.15, 0.2) is 54.7 Å². The second kappa shape index (κ2) is 8.03. The predicted octanol–water partition coefficient (Wildman–Crippen LogP) is 3.64. The Balaban J connectivity index is 1.68. The quantitative estimate of drug-likeness (QED) is 0.700. The fourth-order valence-electron chi connectivity index (χ4n) is 2.96. The highest BCUT2D eigenvalue weighted by Gasteiger charge is 2.17. The number of hydrogen-bond donors (Lipinski definition) is 2. The van der Waals surface area contributed by atoms with Crippen molar-refractivity contribution >= 4 is 11.6 Å². The third-order valence-electron chi connectivity index (χ3n) is 4.37. The number of amides is 1. The molecule has 27 heavy (non-hydrogen) atoms. The van der Waals surface area contributed by atoms with Crippen molar-refractivity contribution in [3.05, 3.63) is 71.7 Å². The Labute approximate surface area is 158 Å². The van der Waals surface area contributed by atoms with E-state index in [1.165, 1.54) is 18.3 Å². The van der Waals surface area contributed by atoms with Gasteiger partial charge in [0, 0.05) is 31.4 Å². The molecule has 2 N–H and O–H groups in total. The van der Waals surface area contributed by atoms with E-state index in [4.69, 9.17) is 0 Å². The van der Waals surface area contributed by atoms with Crippen LogP contribution in [-0.4, -0.2) is 36.2 Å². The number of benzene rings is 2. The Kier molecular flexibility index (Phi) is 5.54. The van der Waals surface area contributed by atoms with E-state index in [0.29, 0.717) is 23.2 Å². The number of aromatic amines is 1. The average molecular weight is 366 g/mol. The van der Waals surface area contributed by atoms with Gasteiger partial charge in [0.2, 0.25) is 0 Å². The topological polar surface area (TPSA) is 61.0 Å². The molecule has 2 aromatic carbocycles. The Morgan fingerprint density at radius 2 is 1.96 bits per heavy atom. The first kappa shape index (κ1) is 18.6. The van der Waals surface area contributed by atoms with Crippen LogP contribution in [0.3, 0.4) is 0 Å². The van der Waals surface area contributed by atoms with E-state index in [1.807, 2.05) is 25.9 Å². The summed E-state index contributed by atoms with van der Waals surface area (Å²) in [5, 5.41) is 9.73. The molecule has 0 radical (unpaired) electrons. The molecule has 0 aliphatic carbocycles. The highest BCUT2D eigenvalue weighted by molar-refractivity contribution is 5.99. The van der Waals surface area contributed by atoms with Gasteiger partial charge in [-0.2, -0.15) is 5.10 Å². The van der Waals surface area contributed by atoms with Crippen LogP contribution in [0.5, 0.6) is 0 Å². The third-order valence-corrected chi connectivity index (χ3v) is 4.37. The molecule has 1 heterocycles. The predicted molar refractivity (Wildman–Crippen MR) is 105 cm³/mol. The van der Waals surface area contributed by atoms with E-state index in [-0.39, 0.29) is 17.8 Å². The summed E-state index contributed by atoms with van der Waals surface area (Å²) in [5.41, 5.74) is 3.77. The molecule has 0 spiro atoms. The van der Waals surface area contributed by atoms with E-state index in [1.54, 1.807) is 12.1 Å². The second-order valence-corrected chi connectivity index (χ2v) is 6.81. The van der Waals surface area contributed by atoms with Crippen LogP contribution in [0.1, 0.15) is 22.8 Å². The summed E-state index contributed by atoms with van der Waals surface area (Å²) in [6.45, 7) is 1.96. The summed E-state index contributed by atoms with van der Waals surface area (Å²) in [6.07, 6.45) is 2.18. The van der Waals surface area contributed by atoms with Crippen molar-refractivity contribution in [2.24, 2.45) is 0 Å². The molecular weight excluding hydrogens is 343 g/mol. The van der Waals surface area contributed by atoms with Crippen LogP contribution >= 0.6 is 0 Å². The van der Waals surface area contributed by atoms with E-state index < -0.39 is 0 Å². The zero-order valence-corrected chi connectivity index (χ0v) is 15.7. The van der Waals surface area contributed by atoms with Crippen LogP contribution in [0.4, 0.5) is 10.1 Å². The molecule has 3 rings (SSSR count). The van der Waals surface area contributed by atoms with E-state index in [0.717, 1.165) is 11.3 Å². The lowest BCUT2D eigenvalue weighted by atomic mass is 10.0. The highest BCUT2D eigenvalue weighted by atomic mass is 19.1. The molecule has 0 aliphatic rings. The minimum Gasteiger partial charge on any atom is -0.378 e. The SMILES string of the molecule is C[C@H](Cc1ccc(N(C)C)cc1)NC(=O)c1cn[nH]c1-c1cccc(F)c1. The summed E-state index contributed by atoms with van der Waals surface area (Å²) in [7, 11) is 4.00. The molecule has 140 valence electrons. The molecule has 5 nitrogen and oxygen atoms in total. The standard InChI is InChI=1S/C21H23FN4O/c1-14(11-15-7-9-18(10-8-15)26(2)3)24-21(27)19-13-23-25-20(19)16-5-4-6-17(22)12-16/h4-10,12-14H,11H2,1-3H3,(H,23,25)(H,24,27)/t14-/m1/s1. The number of rotatable bonds is 6. The number of anilines is 1. The molecule has 3 aromatic rings. The largest absolute Gasteiger partial charge is 0.378 e. The zero-order valence-electron chi connectivity index (χ0n) is 15.7. The van der Waals surface area contributed by atoms with Crippen LogP contribution in [-0.2, 0) is 6.42 Å². The van der Waals surface area contributed by atoms with Gasteiger partial charge in [-0.25, -0.2) is 4.39 Å². The molecule has 6 heteroatoms. The third kappa shape index (κ3) is 4.53. The van der Waals surface area contributed by atoms with Crippen molar-refractivity contribution in [2.45, 2.75) is 19.4 Å². The summed E-state index contributed by atoms with van der Waals surface area (Å²) in [5.74, 6) is -0.594. The van der Waals surface area contributed by atoms with Crippen molar-refractivity contribution < 1.29 is 9.18 Å². The van der Waals surface area contributed by atoms with Gasteiger partial charge in [0.25, 0.3) is 5.91 Å². The van der Waals surface area contributed by atoms with Crippen LogP contribution in [0.2, 0.25) is 0 Å². The van der Waals surface area contributed by atoms with Crippen molar-refractivity contribution in [1.82, 2.24) is 15.5 Å². The van der Waals surface area contributed by atoms with Gasteiger partial charge in [-0.05, 0) is 43.2 Å². The fraction of sp³-hybridized carbons (Fsp3) is 0.238. The molecule has 0 saturated carbocycles. The van der Waals surface area contributed by atoms with Gasteiger partial charge in [-0.15, -0.1) is 0 Å². The molecule has 1 amide bonds. The fourth-order valence-corrected chi connectivity index (χ4v) is 2.96. The Morgan fingerprint density at radius 3 is 2.63 bits per heavy atom. The second-order valence-electron chi connectivity index (χ2n) is 6.81. The van der Waals surface area contributed by atoms with Gasteiger partial charge in [-0.3, -0.25) is 9.89 Å². The molecule has 0 fully saturated rings. The first-order chi connectivity index (χ1) is 12.9. The van der Waals surface area contributed by atoms with Crippen molar-refractivity contribution in [2.75, 3.05) is 19.0 Å². The van der Waals surface area contributed by atoms with E-state index in [2.05, 4.69) is 39.8 Å². The van der Waals surface area contributed by atoms with Crippen molar-refractivity contribution in [3.8, 4) is 11.3 Å². The molecule has 1 atom stereocenters. The monoisotopic (exact) mass is 366 g/mol. The molecule has 0 saturated heterocycles. The Bertz CT molecular complexity index is 918. The minimum atomic E-state index is -0.358. The molecule has 1 aromatic heterocycles. The summed E-state index contributed by atoms with van der Waals surface area (Å²) in [6, 6.07) is 14.3. The number of halogens is 1. The zero-order chi connectivity index (χ0) is 19.4. The number of H-pyrrole nitrogens is 1. The maximum Gasteiger partial charge on any atom is 0.255 e. The first-order valence-corrected chi connectivity index (χ1v) is 8.80. The van der Waals surface area contributed by atoms with Gasteiger partial charge in [0.15, 0.2) is 0 Å². The van der Waals surface area contributed by atoms with Crippen molar-refractivity contribution in [1.29, 1.82) is 0 Å². The number of carbonyl (C=O) groups excluding carboxylic acids is 1. The lowest BCUT2D eigenvalue weighted by Gasteiger charge is -2.16. The van der Waals surface area contributed by atoms with E-state index in [9.17, 15) is 9.18 Å². The smallest absolute Gasteiger partial charge is 0.255 e. The number of nitrogens with zero attached hydrogens (tertiary/aromatic N) is 2. The van der Waals surface area contributed by atoms with Crippen LogP contribution < -0.4 is 10.2 Å². The number of carbonyl (C=O) groups is 1. The Hall–Kier alpha value is -3.15. The number of aromatic nitrogens is 2. The summed E-state index contributed by atoms with van der Waals surface area (Å²) >= 11 is 0. The summed E-state index contributed by atoms with van der Waals surface area (Å²) in [4.78, 5) is 14.7. The summed E-state index contributed by atoms with van der Waals surface area (Å²) < 4.78 is 13.5. The van der Waals surface area contributed by atoms with Gasteiger partial charge in [-0.1, -0.05) is 24.3 Å². The highest BCUT2D eigenvalue weighted by Crippen LogP contribution is 2.22. The van der Waals surface area contributed by atoms with Gasteiger partial charge >= 0.3 is 0 Å². The van der Waals surface area contributed by atoms with Gasteiger partial charge < -0.3 is 10.2 Å². The van der Waals surface area contributed by atoms with Crippen LogP contribution in [0, 0.1) is 5.82 Å². The first-order valence-electron chi connectivity index (χ1n) is 8.80. The Morgan fingerprint density at radius 1 is 1.22 bits per heavy atom. The molecule has 0 aliphatic heterocycles. The average Bonchev–Trinajstić information content (AvgIpc) is 3.12. The molecular formula is C21H23FN4O.